The van der Waals surface area contributed by atoms with Gasteiger partial charge in [-0.2, -0.15) is 0 Å². The standard InChI is InChI=1S/C20H19N3O2/c1-14(24)17(15(2)25)13-18-19-11-7-8-12-23(19)21-20(18)22(3)16-9-5-4-6-10-16/h4-13H,1-3H3. The normalized spacial score (nSPS) is 10.5. The lowest BCUT2D eigenvalue weighted by Crippen LogP contribution is -2.12. The first-order chi connectivity index (χ1) is 12.0. The van der Waals surface area contributed by atoms with Crippen LogP contribution in [0.5, 0.6) is 0 Å². The van der Waals surface area contributed by atoms with Crippen LogP contribution in [0, 0.1) is 0 Å². The van der Waals surface area contributed by atoms with E-state index in [9.17, 15) is 9.59 Å². The molecular weight excluding hydrogens is 314 g/mol. The lowest BCUT2D eigenvalue weighted by molar-refractivity contribution is -0.119. The number of ketones is 2. The topological polar surface area (TPSA) is 54.7 Å². The van der Waals surface area contributed by atoms with Crippen LogP contribution in [0.4, 0.5) is 11.5 Å². The molecule has 0 aliphatic carbocycles. The maximum Gasteiger partial charge on any atom is 0.163 e. The van der Waals surface area contributed by atoms with E-state index in [1.165, 1.54) is 13.8 Å². The summed E-state index contributed by atoms with van der Waals surface area (Å²) in [6.07, 6.45) is 3.48. The molecule has 0 saturated heterocycles. The fraction of sp³-hybridized carbons (Fsp3) is 0.150. The van der Waals surface area contributed by atoms with Gasteiger partial charge in [-0.25, -0.2) is 4.52 Å². The van der Waals surface area contributed by atoms with Crippen molar-refractivity contribution >= 4 is 34.7 Å². The number of carbonyl (C=O) groups is 2. The zero-order valence-corrected chi connectivity index (χ0v) is 14.4. The Morgan fingerprint density at radius 2 is 1.64 bits per heavy atom. The van der Waals surface area contributed by atoms with E-state index >= 15 is 0 Å². The number of carbonyl (C=O) groups excluding carboxylic acids is 2. The van der Waals surface area contributed by atoms with Crippen LogP contribution < -0.4 is 4.90 Å². The van der Waals surface area contributed by atoms with Crippen LogP contribution in [0.3, 0.4) is 0 Å². The highest BCUT2D eigenvalue weighted by Gasteiger charge is 2.18. The maximum absolute atomic E-state index is 11.9. The minimum absolute atomic E-state index is 0.168. The van der Waals surface area contributed by atoms with Gasteiger partial charge in [-0.1, -0.05) is 24.3 Å². The molecule has 0 bridgehead atoms. The highest BCUT2D eigenvalue weighted by molar-refractivity contribution is 6.22. The Labute approximate surface area is 146 Å². The van der Waals surface area contributed by atoms with Gasteiger partial charge >= 0.3 is 0 Å². The van der Waals surface area contributed by atoms with E-state index in [2.05, 4.69) is 5.10 Å². The minimum atomic E-state index is -0.254. The van der Waals surface area contributed by atoms with Gasteiger partial charge in [0.25, 0.3) is 0 Å². The highest BCUT2D eigenvalue weighted by Crippen LogP contribution is 2.30. The lowest BCUT2D eigenvalue weighted by Gasteiger charge is -2.17. The quantitative estimate of drug-likeness (QED) is 0.406. The number of benzene rings is 1. The summed E-state index contributed by atoms with van der Waals surface area (Å²) in [6.45, 7) is 2.80. The first kappa shape index (κ1) is 16.6. The van der Waals surface area contributed by atoms with Crippen molar-refractivity contribution in [3.63, 3.8) is 0 Å². The van der Waals surface area contributed by atoms with Crippen LogP contribution in [0.1, 0.15) is 19.4 Å². The van der Waals surface area contributed by atoms with Crippen molar-refractivity contribution in [2.24, 2.45) is 0 Å². The molecule has 5 nitrogen and oxygen atoms in total. The number of Topliss-reactive ketones (excluding diaryl/α,β-unsaturated/α-hetero) is 2. The summed E-state index contributed by atoms with van der Waals surface area (Å²) in [6, 6.07) is 15.5. The predicted molar refractivity (Wildman–Crippen MR) is 99.0 cm³/mol. The van der Waals surface area contributed by atoms with Crippen LogP contribution in [-0.2, 0) is 9.59 Å². The van der Waals surface area contributed by atoms with E-state index in [4.69, 9.17) is 0 Å². The Morgan fingerprint density at radius 1 is 1.00 bits per heavy atom. The van der Waals surface area contributed by atoms with Crippen LogP contribution in [0.25, 0.3) is 11.6 Å². The largest absolute Gasteiger partial charge is 0.327 e. The summed E-state index contributed by atoms with van der Waals surface area (Å²) in [7, 11) is 1.91. The van der Waals surface area contributed by atoms with E-state index in [1.807, 2.05) is 66.7 Å². The monoisotopic (exact) mass is 333 g/mol. The van der Waals surface area contributed by atoms with Gasteiger partial charge in [-0.05, 0) is 44.2 Å². The summed E-state index contributed by atoms with van der Waals surface area (Å²) in [5.74, 6) is 0.171. The summed E-state index contributed by atoms with van der Waals surface area (Å²) in [5, 5.41) is 4.64. The van der Waals surface area contributed by atoms with Crippen molar-refractivity contribution in [2.45, 2.75) is 13.8 Å². The van der Waals surface area contributed by atoms with Crippen molar-refractivity contribution in [3.8, 4) is 0 Å². The fourth-order valence-electron chi connectivity index (χ4n) is 2.76. The second-order valence-electron chi connectivity index (χ2n) is 5.83. The number of aromatic nitrogens is 2. The SMILES string of the molecule is CC(=O)C(=Cc1c(N(C)c2ccccc2)nn2ccccc12)C(C)=O. The smallest absolute Gasteiger partial charge is 0.163 e. The molecule has 3 rings (SSSR count). The average Bonchev–Trinajstić information content (AvgIpc) is 2.97. The molecule has 0 atom stereocenters. The first-order valence-corrected chi connectivity index (χ1v) is 7.98. The number of rotatable bonds is 5. The molecule has 0 saturated carbocycles. The Hall–Kier alpha value is -3.21. The Balaban J connectivity index is 2.24. The summed E-state index contributed by atoms with van der Waals surface area (Å²) in [5.41, 5.74) is 2.71. The molecule has 0 amide bonds. The van der Waals surface area contributed by atoms with Gasteiger partial charge in [0.05, 0.1) is 11.1 Å². The Bertz CT molecular complexity index is 955. The Kier molecular flexibility index (Phi) is 4.48. The second-order valence-corrected chi connectivity index (χ2v) is 5.83. The molecule has 5 heteroatoms. The molecule has 0 N–H and O–H groups in total. The number of anilines is 2. The molecule has 0 radical (unpaired) electrons. The number of nitrogens with zero attached hydrogens (tertiary/aromatic N) is 3. The van der Waals surface area contributed by atoms with Crippen molar-refractivity contribution < 1.29 is 9.59 Å². The zero-order valence-electron chi connectivity index (χ0n) is 14.4. The number of allylic oxidation sites excluding steroid dienone is 1. The number of hydrogen-bond donors (Lipinski definition) is 0. The number of fused-ring (bicyclic) bond motifs is 1. The maximum atomic E-state index is 11.9. The number of para-hydroxylation sites is 1. The summed E-state index contributed by atoms with van der Waals surface area (Å²) < 4.78 is 1.75. The van der Waals surface area contributed by atoms with Crippen molar-refractivity contribution in [3.05, 3.63) is 65.9 Å². The number of hydrogen-bond acceptors (Lipinski definition) is 4. The van der Waals surface area contributed by atoms with Gasteiger partial charge in [0, 0.05) is 24.5 Å². The van der Waals surface area contributed by atoms with E-state index in [0.29, 0.717) is 5.82 Å². The zero-order chi connectivity index (χ0) is 18.0. The third kappa shape index (κ3) is 3.21. The molecule has 25 heavy (non-hydrogen) atoms. The Morgan fingerprint density at radius 3 is 2.28 bits per heavy atom. The van der Waals surface area contributed by atoms with E-state index in [1.54, 1.807) is 10.6 Å². The van der Waals surface area contributed by atoms with Gasteiger partial charge in [0.1, 0.15) is 0 Å². The van der Waals surface area contributed by atoms with Crippen molar-refractivity contribution in [2.75, 3.05) is 11.9 Å². The number of pyridine rings is 1. The van der Waals surface area contributed by atoms with E-state index in [0.717, 1.165) is 16.8 Å². The van der Waals surface area contributed by atoms with Gasteiger partial charge in [-0.15, -0.1) is 5.10 Å². The second kappa shape index (κ2) is 6.73. The molecule has 2 heterocycles. The van der Waals surface area contributed by atoms with Crippen LogP contribution in [0.2, 0.25) is 0 Å². The fourth-order valence-corrected chi connectivity index (χ4v) is 2.76. The van der Waals surface area contributed by atoms with Crippen LogP contribution >= 0.6 is 0 Å². The molecule has 0 aliphatic heterocycles. The predicted octanol–water partition coefficient (Wildman–Crippen LogP) is 3.66. The molecule has 126 valence electrons. The van der Waals surface area contributed by atoms with Crippen molar-refractivity contribution in [1.82, 2.24) is 9.61 Å². The van der Waals surface area contributed by atoms with E-state index < -0.39 is 0 Å². The molecule has 0 fully saturated rings. The van der Waals surface area contributed by atoms with Crippen molar-refractivity contribution in [1.29, 1.82) is 0 Å². The van der Waals surface area contributed by atoms with Gasteiger partial charge < -0.3 is 4.90 Å². The minimum Gasteiger partial charge on any atom is -0.327 e. The highest BCUT2D eigenvalue weighted by atomic mass is 16.1. The van der Waals surface area contributed by atoms with Gasteiger partial charge in [0.15, 0.2) is 17.4 Å². The van der Waals surface area contributed by atoms with Gasteiger partial charge in [-0.3, -0.25) is 9.59 Å². The molecule has 0 unspecified atom stereocenters. The molecule has 0 aliphatic rings. The summed E-state index contributed by atoms with van der Waals surface area (Å²) in [4.78, 5) is 25.7. The molecule has 1 aromatic carbocycles. The molecular formula is C20H19N3O2. The van der Waals surface area contributed by atoms with Gasteiger partial charge in [0.2, 0.25) is 0 Å². The lowest BCUT2D eigenvalue weighted by atomic mass is 10.0. The molecule has 2 aromatic heterocycles. The van der Waals surface area contributed by atoms with Crippen LogP contribution in [-0.4, -0.2) is 28.2 Å². The van der Waals surface area contributed by atoms with E-state index in [-0.39, 0.29) is 17.1 Å². The average molecular weight is 333 g/mol. The van der Waals surface area contributed by atoms with Crippen LogP contribution in [0.15, 0.2) is 60.3 Å². The first-order valence-electron chi connectivity index (χ1n) is 7.98. The molecule has 0 spiro atoms. The third-order valence-corrected chi connectivity index (χ3v) is 4.07. The summed E-state index contributed by atoms with van der Waals surface area (Å²) >= 11 is 0. The molecule has 3 aromatic rings. The third-order valence-electron chi connectivity index (χ3n) is 4.07.